The molecule has 25 heavy (non-hydrogen) atoms. The summed E-state index contributed by atoms with van der Waals surface area (Å²) < 4.78 is 39.1. The molecule has 0 aromatic heterocycles. The Hall–Kier alpha value is -3.07. The first kappa shape index (κ1) is 18.3. The van der Waals surface area contributed by atoms with Gasteiger partial charge in [-0.1, -0.05) is 31.2 Å². The lowest BCUT2D eigenvalue weighted by Crippen LogP contribution is -2.08. The first-order valence-electron chi connectivity index (χ1n) is 7.54. The van der Waals surface area contributed by atoms with E-state index < -0.39 is 11.7 Å². The highest BCUT2D eigenvalue weighted by Gasteiger charge is 2.32. The molecule has 0 saturated heterocycles. The SMILES string of the molecule is CCc1c(C#N)ccc(N)c1C(=N)/C=C/c1ccccc1C(F)(F)F. The minimum absolute atomic E-state index is 0.0344. The molecule has 0 amide bonds. The maximum absolute atomic E-state index is 13.0. The Kier molecular flexibility index (Phi) is 5.28. The molecule has 0 aliphatic rings. The molecule has 0 unspecified atom stereocenters. The second-order valence-corrected chi connectivity index (χ2v) is 5.35. The van der Waals surface area contributed by atoms with Crippen LogP contribution < -0.4 is 5.73 Å². The van der Waals surface area contributed by atoms with Crippen molar-refractivity contribution in [2.75, 3.05) is 5.73 Å². The summed E-state index contributed by atoms with van der Waals surface area (Å²) in [7, 11) is 0. The number of benzene rings is 2. The smallest absolute Gasteiger partial charge is 0.398 e. The number of nitriles is 1. The Bertz CT molecular complexity index is 874. The summed E-state index contributed by atoms with van der Waals surface area (Å²) in [5, 5.41) is 17.4. The zero-order chi connectivity index (χ0) is 18.6. The first-order chi connectivity index (χ1) is 11.8. The van der Waals surface area contributed by atoms with Gasteiger partial charge in [0.2, 0.25) is 0 Å². The third-order valence-electron chi connectivity index (χ3n) is 3.78. The summed E-state index contributed by atoms with van der Waals surface area (Å²) in [6, 6.07) is 10.3. The third-order valence-corrected chi connectivity index (χ3v) is 3.78. The molecule has 0 aliphatic heterocycles. The van der Waals surface area contributed by atoms with E-state index in [4.69, 9.17) is 11.1 Å². The summed E-state index contributed by atoms with van der Waals surface area (Å²) in [5.41, 5.74) is 6.79. The molecule has 6 heteroatoms. The van der Waals surface area contributed by atoms with Crippen LogP contribution in [0.2, 0.25) is 0 Å². The molecule has 0 radical (unpaired) electrons. The van der Waals surface area contributed by atoms with Gasteiger partial charge in [0.05, 0.1) is 22.9 Å². The van der Waals surface area contributed by atoms with Crippen molar-refractivity contribution in [1.29, 1.82) is 10.7 Å². The van der Waals surface area contributed by atoms with Gasteiger partial charge >= 0.3 is 6.18 Å². The van der Waals surface area contributed by atoms with Crippen molar-refractivity contribution < 1.29 is 13.2 Å². The molecular formula is C19H16F3N3. The number of halogens is 3. The molecule has 0 aliphatic carbocycles. The summed E-state index contributed by atoms with van der Waals surface area (Å²) >= 11 is 0. The molecule has 2 aromatic carbocycles. The molecule has 0 saturated carbocycles. The van der Waals surface area contributed by atoms with Gasteiger partial charge in [-0.2, -0.15) is 18.4 Å². The van der Waals surface area contributed by atoms with Gasteiger partial charge in [0.1, 0.15) is 0 Å². The van der Waals surface area contributed by atoms with E-state index in [-0.39, 0.29) is 11.3 Å². The minimum Gasteiger partial charge on any atom is -0.398 e. The van der Waals surface area contributed by atoms with Crippen molar-refractivity contribution in [3.05, 3.63) is 70.3 Å². The van der Waals surface area contributed by atoms with Gasteiger partial charge in [0.15, 0.2) is 0 Å². The topological polar surface area (TPSA) is 73.7 Å². The number of nitrogens with zero attached hydrogens (tertiary/aromatic N) is 1. The van der Waals surface area contributed by atoms with Crippen molar-refractivity contribution in [3.63, 3.8) is 0 Å². The van der Waals surface area contributed by atoms with E-state index >= 15 is 0 Å². The van der Waals surface area contributed by atoms with Crippen molar-refractivity contribution >= 4 is 17.5 Å². The summed E-state index contributed by atoms with van der Waals surface area (Å²) in [6.07, 6.45) is -1.48. The highest BCUT2D eigenvalue weighted by molar-refractivity contribution is 6.13. The number of hydrogen-bond donors (Lipinski definition) is 2. The van der Waals surface area contributed by atoms with Crippen molar-refractivity contribution in [2.45, 2.75) is 19.5 Å². The van der Waals surface area contributed by atoms with Gasteiger partial charge in [-0.05, 0) is 41.8 Å². The fraction of sp³-hybridized carbons (Fsp3) is 0.158. The van der Waals surface area contributed by atoms with Crippen LogP contribution in [0.25, 0.3) is 6.08 Å². The number of nitrogens with one attached hydrogen (secondary N) is 1. The Balaban J connectivity index is 2.46. The highest BCUT2D eigenvalue weighted by Crippen LogP contribution is 2.32. The monoisotopic (exact) mass is 343 g/mol. The van der Waals surface area contributed by atoms with E-state index in [1.165, 1.54) is 36.4 Å². The molecule has 0 spiro atoms. The average Bonchev–Trinajstić information content (AvgIpc) is 2.58. The molecule has 2 aromatic rings. The van der Waals surface area contributed by atoms with Crippen LogP contribution in [-0.4, -0.2) is 5.71 Å². The molecular weight excluding hydrogens is 327 g/mol. The number of anilines is 1. The Morgan fingerprint density at radius 1 is 1.24 bits per heavy atom. The predicted molar refractivity (Wildman–Crippen MR) is 92.3 cm³/mol. The van der Waals surface area contributed by atoms with Crippen LogP contribution in [0.15, 0.2) is 42.5 Å². The van der Waals surface area contributed by atoms with E-state index in [2.05, 4.69) is 0 Å². The Morgan fingerprint density at radius 3 is 2.52 bits per heavy atom. The fourth-order valence-corrected chi connectivity index (χ4v) is 2.61. The lowest BCUT2D eigenvalue weighted by Gasteiger charge is -2.12. The van der Waals surface area contributed by atoms with Gasteiger partial charge in [-0.3, -0.25) is 0 Å². The van der Waals surface area contributed by atoms with Crippen LogP contribution in [0, 0.1) is 16.7 Å². The standard InChI is InChI=1S/C19H16F3N3/c1-2-14-13(11-23)8-10-17(25)18(14)16(24)9-7-12-5-3-4-6-15(12)19(20,21)22/h3-10,24H,2,25H2,1H3/b9-7+,24-16?. The van der Waals surface area contributed by atoms with Crippen LogP contribution in [-0.2, 0) is 12.6 Å². The maximum atomic E-state index is 13.0. The van der Waals surface area contributed by atoms with Gasteiger partial charge in [0, 0.05) is 11.3 Å². The van der Waals surface area contributed by atoms with Crippen molar-refractivity contribution in [2.24, 2.45) is 0 Å². The number of rotatable bonds is 4. The predicted octanol–water partition coefficient (Wildman–Crippen LogP) is 4.80. The summed E-state index contributed by atoms with van der Waals surface area (Å²) in [4.78, 5) is 0. The number of hydrogen-bond acceptors (Lipinski definition) is 3. The summed E-state index contributed by atoms with van der Waals surface area (Å²) in [5.74, 6) is 0. The van der Waals surface area contributed by atoms with Crippen LogP contribution in [0.1, 0.15) is 34.7 Å². The highest BCUT2D eigenvalue weighted by atomic mass is 19.4. The van der Waals surface area contributed by atoms with Crippen LogP contribution in [0.4, 0.5) is 18.9 Å². The largest absolute Gasteiger partial charge is 0.416 e. The molecule has 0 bridgehead atoms. The normalized spacial score (nSPS) is 11.5. The molecule has 128 valence electrons. The van der Waals surface area contributed by atoms with Crippen molar-refractivity contribution in [1.82, 2.24) is 0 Å². The van der Waals surface area contributed by atoms with E-state index in [0.29, 0.717) is 28.8 Å². The first-order valence-corrected chi connectivity index (χ1v) is 7.54. The minimum atomic E-state index is -4.47. The molecule has 3 N–H and O–H groups in total. The molecule has 0 fully saturated rings. The third kappa shape index (κ3) is 3.89. The van der Waals surface area contributed by atoms with Crippen LogP contribution >= 0.6 is 0 Å². The van der Waals surface area contributed by atoms with E-state index in [0.717, 1.165) is 6.07 Å². The zero-order valence-corrected chi connectivity index (χ0v) is 13.5. The second-order valence-electron chi connectivity index (χ2n) is 5.35. The maximum Gasteiger partial charge on any atom is 0.416 e. The second kappa shape index (κ2) is 7.22. The van der Waals surface area contributed by atoms with E-state index in [1.807, 2.05) is 13.0 Å². The molecule has 3 nitrogen and oxygen atoms in total. The molecule has 0 heterocycles. The quantitative estimate of drug-likeness (QED) is 0.618. The number of nitrogen functional groups attached to an aromatic ring is 1. The Labute approximate surface area is 143 Å². The average molecular weight is 343 g/mol. The van der Waals surface area contributed by atoms with Gasteiger partial charge in [-0.25, -0.2) is 0 Å². The molecule has 0 atom stereocenters. The number of alkyl halides is 3. The van der Waals surface area contributed by atoms with Crippen LogP contribution in [0.5, 0.6) is 0 Å². The lowest BCUT2D eigenvalue weighted by atomic mass is 9.94. The molecule has 2 rings (SSSR count). The number of allylic oxidation sites excluding steroid dienone is 1. The van der Waals surface area contributed by atoms with Crippen LogP contribution in [0.3, 0.4) is 0 Å². The zero-order valence-electron chi connectivity index (χ0n) is 13.5. The van der Waals surface area contributed by atoms with Gasteiger partial charge in [0.25, 0.3) is 0 Å². The van der Waals surface area contributed by atoms with E-state index in [9.17, 15) is 18.4 Å². The Morgan fingerprint density at radius 2 is 1.92 bits per heavy atom. The lowest BCUT2D eigenvalue weighted by molar-refractivity contribution is -0.137. The number of nitrogens with two attached hydrogens (primary N) is 1. The fourth-order valence-electron chi connectivity index (χ4n) is 2.61. The van der Waals surface area contributed by atoms with Gasteiger partial charge in [-0.15, -0.1) is 0 Å². The van der Waals surface area contributed by atoms with Crippen molar-refractivity contribution in [3.8, 4) is 6.07 Å². The van der Waals surface area contributed by atoms with Gasteiger partial charge < -0.3 is 11.1 Å². The van der Waals surface area contributed by atoms with E-state index in [1.54, 1.807) is 6.07 Å². The summed E-state index contributed by atoms with van der Waals surface area (Å²) in [6.45, 7) is 1.83.